The van der Waals surface area contributed by atoms with E-state index in [0.717, 1.165) is 26.8 Å². The largest absolute Gasteiger partial charge is 0.480 e. The Morgan fingerprint density at radius 1 is 1.33 bits per heavy atom. The summed E-state index contributed by atoms with van der Waals surface area (Å²) in [6.45, 7) is 1.91. The molecule has 0 fully saturated rings. The number of benzene rings is 1. The second kappa shape index (κ2) is 6.69. The van der Waals surface area contributed by atoms with Crippen molar-refractivity contribution in [2.24, 2.45) is 0 Å². The highest BCUT2D eigenvalue weighted by Gasteiger charge is 2.10. The van der Waals surface area contributed by atoms with Gasteiger partial charge in [-0.25, -0.2) is 9.78 Å². The van der Waals surface area contributed by atoms with Crippen LogP contribution in [0.2, 0.25) is 0 Å². The number of carbonyl (C=O) groups is 1. The van der Waals surface area contributed by atoms with Crippen LogP contribution < -0.4 is 4.90 Å². The standard InChI is InChI=1S/C15H18N2O3S/c1-10-13(8-20-9-14(18)19)21-15(16-10)11-4-6-12(7-5-11)17(2)3/h4-7H,8-9H2,1-3H3,(H,18,19). The van der Waals surface area contributed by atoms with E-state index in [0.29, 0.717) is 0 Å². The lowest BCUT2D eigenvalue weighted by Gasteiger charge is -2.11. The molecule has 6 heteroatoms. The van der Waals surface area contributed by atoms with Crippen LogP contribution in [0, 0.1) is 6.92 Å². The molecule has 0 bridgehead atoms. The van der Waals surface area contributed by atoms with Gasteiger partial charge in [0.25, 0.3) is 0 Å². The van der Waals surface area contributed by atoms with Gasteiger partial charge in [0.15, 0.2) is 0 Å². The number of hydrogen-bond donors (Lipinski definition) is 1. The third-order valence-corrected chi connectivity index (χ3v) is 4.16. The van der Waals surface area contributed by atoms with Gasteiger partial charge in [0, 0.05) is 25.3 Å². The number of carboxylic acid groups (broad SMARTS) is 1. The molecule has 0 amide bonds. The molecule has 0 aliphatic carbocycles. The van der Waals surface area contributed by atoms with Crippen LogP contribution >= 0.6 is 11.3 Å². The normalized spacial score (nSPS) is 10.6. The van der Waals surface area contributed by atoms with Gasteiger partial charge in [0.1, 0.15) is 11.6 Å². The number of hydrogen-bond acceptors (Lipinski definition) is 5. The van der Waals surface area contributed by atoms with Crippen LogP contribution in [0.25, 0.3) is 10.6 Å². The molecule has 2 aromatic rings. The molecule has 0 unspecified atom stereocenters. The van der Waals surface area contributed by atoms with Crippen molar-refractivity contribution < 1.29 is 14.6 Å². The van der Waals surface area contributed by atoms with Crippen LogP contribution in [0.5, 0.6) is 0 Å². The fourth-order valence-electron chi connectivity index (χ4n) is 1.82. The van der Waals surface area contributed by atoms with E-state index in [-0.39, 0.29) is 13.2 Å². The number of aryl methyl sites for hydroxylation is 1. The van der Waals surface area contributed by atoms with E-state index in [9.17, 15) is 4.79 Å². The van der Waals surface area contributed by atoms with Crippen molar-refractivity contribution in [3.8, 4) is 10.6 Å². The zero-order valence-corrected chi connectivity index (χ0v) is 13.1. The summed E-state index contributed by atoms with van der Waals surface area (Å²) >= 11 is 1.54. The number of nitrogens with zero attached hydrogens (tertiary/aromatic N) is 2. The summed E-state index contributed by atoms with van der Waals surface area (Å²) in [6, 6.07) is 8.17. The first-order valence-electron chi connectivity index (χ1n) is 6.51. The van der Waals surface area contributed by atoms with Crippen LogP contribution in [-0.2, 0) is 16.1 Å². The Balaban J connectivity index is 2.12. The number of aromatic nitrogens is 1. The molecule has 1 aromatic heterocycles. The molecule has 5 nitrogen and oxygen atoms in total. The summed E-state index contributed by atoms with van der Waals surface area (Å²) in [6.07, 6.45) is 0. The Morgan fingerprint density at radius 2 is 2.00 bits per heavy atom. The van der Waals surface area contributed by atoms with E-state index in [1.54, 1.807) is 0 Å². The van der Waals surface area contributed by atoms with E-state index < -0.39 is 5.97 Å². The lowest BCUT2D eigenvalue weighted by atomic mass is 10.2. The van der Waals surface area contributed by atoms with Gasteiger partial charge in [0.05, 0.1) is 17.2 Å². The van der Waals surface area contributed by atoms with Gasteiger partial charge in [-0.15, -0.1) is 11.3 Å². The second-order valence-corrected chi connectivity index (χ2v) is 5.94. The smallest absolute Gasteiger partial charge is 0.329 e. The Hall–Kier alpha value is -1.92. The number of anilines is 1. The molecule has 1 N–H and O–H groups in total. The van der Waals surface area contributed by atoms with Gasteiger partial charge in [0.2, 0.25) is 0 Å². The summed E-state index contributed by atoms with van der Waals surface area (Å²) < 4.78 is 5.13. The number of carboxylic acids is 1. The summed E-state index contributed by atoms with van der Waals surface area (Å²) in [5.74, 6) is -0.961. The molecule has 0 spiro atoms. The van der Waals surface area contributed by atoms with Crippen LogP contribution in [0.4, 0.5) is 5.69 Å². The monoisotopic (exact) mass is 306 g/mol. The molecule has 0 atom stereocenters. The summed E-state index contributed by atoms with van der Waals surface area (Å²) in [4.78, 5) is 18.0. The molecule has 0 saturated heterocycles. The van der Waals surface area contributed by atoms with Crippen molar-refractivity contribution in [3.05, 3.63) is 34.8 Å². The molecule has 112 valence electrons. The van der Waals surface area contributed by atoms with Crippen molar-refractivity contribution in [3.63, 3.8) is 0 Å². The Bertz CT molecular complexity index is 620. The first-order chi connectivity index (χ1) is 9.97. The van der Waals surface area contributed by atoms with E-state index in [2.05, 4.69) is 4.98 Å². The number of rotatable bonds is 6. The average Bonchev–Trinajstić information content (AvgIpc) is 2.80. The second-order valence-electron chi connectivity index (χ2n) is 4.86. The molecule has 21 heavy (non-hydrogen) atoms. The summed E-state index contributed by atoms with van der Waals surface area (Å²) in [7, 11) is 4.00. The average molecular weight is 306 g/mol. The van der Waals surface area contributed by atoms with Gasteiger partial charge in [-0.05, 0) is 31.2 Å². The highest BCUT2D eigenvalue weighted by molar-refractivity contribution is 7.15. The quantitative estimate of drug-likeness (QED) is 0.889. The minimum absolute atomic E-state index is 0.283. The highest BCUT2D eigenvalue weighted by atomic mass is 32.1. The molecule has 0 radical (unpaired) electrons. The maximum atomic E-state index is 10.4. The lowest BCUT2D eigenvalue weighted by Crippen LogP contribution is -2.07. The zero-order valence-electron chi connectivity index (χ0n) is 12.3. The number of ether oxygens (including phenoxy) is 1. The van der Waals surface area contributed by atoms with Crippen molar-refractivity contribution in [2.75, 3.05) is 25.6 Å². The third kappa shape index (κ3) is 4.03. The predicted octanol–water partition coefficient (Wildman–Crippen LogP) is 2.79. The number of thiazole rings is 1. The number of aliphatic carboxylic acids is 1. The maximum absolute atomic E-state index is 10.4. The van der Waals surface area contributed by atoms with E-state index in [1.165, 1.54) is 11.3 Å². The Kier molecular flexibility index (Phi) is 4.93. The highest BCUT2D eigenvalue weighted by Crippen LogP contribution is 2.29. The first kappa shape index (κ1) is 15.5. The van der Waals surface area contributed by atoms with Gasteiger partial charge in [-0.2, -0.15) is 0 Å². The van der Waals surface area contributed by atoms with Crippen molar-refractivity contribution in [1.29, 1.82) is 0 Å². The lowest BCUT2D eigenvalue weighted by molar-refractivity contribution is -0.142. The zero-order chi connectivity index (χ0) is 15.4. The van der Waals surface area contributed by atoms with Crippen LogP contribution in [0.15, 0.2) is 24.3 Å². The molecule has 2 rings (SSSR count). The van der Waals surface area contributed by atoms with E-state index in [4.69, 9.17) is 9.84 Å². The van der Waals surface area contributed by atoms with Crippen LogP contribution in [-0.4, -0.2) is 36.8 Å². The molecule has 1 heterocycles. The molecular weight excluding hydrogens is 288 g/mol. The van der Waals surface area contributed by atoms with Gasteiger partial charge < -0.3 is 14.7 Å². The van der Waals surface area contributed by atoms with Gasteiger partial charge in [-0.1, -0.05) is 0 Å². The SMILES string of the molecule is Cc1nc(-c2ccc(N(C)C)cc2)sc1COCC(=O)O. The summed E-state index contributed by atoms with van der Waals surface area (Å²) in [5.41, 5.74) is 3.08. The molecule has 1 aromatic carbocycles. The predicted molar refractivity (Wildman–Crippen MR) is 83.9 cm³/mol. The summed E-state index contributed by atoms with van der Waals surface area (Å²) in [5, 5.41) is 9.50. The van der Waals surface area contributed by atoms with E-state index >= 15 is 0 Å². The molecular formula is C15H18N2O3S. The minimum atomic E-state index is -0.961. The van der Waals surface area contributed by atoms with Crippen molar-refractivity contribution >= 4 is 23.0 Å². The Labute approximate surface area is 127 Å². The van der Waals surface area contributed by atoms with Gasteiger partial charge in [-0.3, -0.25) is 0 Å². The topological polar surface area (TPSA) is 62.7 Å². The van der Waals surface area contributed by atoms with Crippen molar-refractivity contribution in [2.45, 2.75) is 13.5 Å². The molecule has 0 saturated carbocycles. The van der Waals surface area contributed by atoms with Crippen LogP contribution in [0.3, 0.4) is 0 Å². The van der Waals surface area contributed by atoms with Crippen molar-refractivity contribution in [1.82, 2.24) is 4.98 Å². The maximum Gasteiger partial charge on any atom is 0.329 e. The fraction of sp³-hybridized carbons (Fsp3) is 0.333. The third-order valence-electron chi connectivity index (χ3n) is 2.98. The van der Waals surface area contributed by atoms with Crippen LogP contribution in [0.1, 0.15) is 10.6 Å². The Morgan fingerprint density at radius 3 is 2.57 bits per heavy atom. The van der Waals surface area contributed by atoms with Gasteiger partial charge >= 0.3 is 5.97 Å². The molecule has 0 aliphatic rings. The molecule has 0 aliphatic heterocycles. The first-order valence-corrected chi connectivity index (χ1v) is 7.32. The minimum Gasteiger partial charge on any atom is -0.480 e. The fourth-order valence-corrected chi connectivity index (χ4v) is 2.82. The van der Waals surface area contributed by atoms with E-state index in [1.807, 2.05) is 50.2 Å².